The highest BCUT2D eigenvalue weighted by atomic mass is 32.2. The maximum Gasteiger partial charge on any atom is 0.303 e. The summed E-state index contributed by atoms with van der Waals surface area (Å²) in [5.74, 6) is -0.0118. The zero-order valence-corrected chi connectivity index (χ0v) is 26.3. The van der Waals surface area contributed by atoms with E-state index in [-0.39, 0.29) is 12.3 Å². The van der Waals surface area contributed by atoms with Crippen molar-refractivity contribution in [1.29, 1.82) is 0 Å². The molecule has 7 nitrogen and oxygen atoms in total. The van der Waals surface area contributed by atoms with Gasteiger partial charge in [0.1, 0.15) is 22.4 Å². The van der Waals surface area contributed by atoms with Gasteiger partial charge in [0.2, 0.25) is 0 Å². The zero-order chi connectivity index (χ0) is 30.6. The fraction of sp³-hybridized carbons (Fsp3) is 0.353. The Kier molecular flexibility index (Phi) is 12.2. The number of aromatic nitrogens is 2. The highest BCUT2D eigenvalue weighted by Gasteiger charge is 2.32. The molecule has 0 bridgehead atoms. The number of carbonyl (C=O) groups is 2. The van der Waals surface area contributed by atoms with Gasteiger partial charge in [-0.1, -0.05) is 93.4 Å². The van der Waals surface area contributed by atoms with Crippen LogP contribution in [0.2, 0.25) is 0 Å². The van der Waals surface area contributed by atoms with Gasteiger partial charge in [-0.3, -0.25) is 14.5 Å². The van der Waals surface area contributed by atoms with Crippen molar-refractivity contribution in [2.75, 3.05) is 13.2 Å². The summed E-state index contributed by atoms with van der Waals surface area (Å²) in [7, 11) is 0. The van der Waals surface area contributed by atoms with Gasteiger partial charge in [0.15, 0.2) is 0 Å². The van der Waals surface area contributed by atoms with Crippen LogP contribution >= 0.6 is 24.0 Å². The Hall–Kier alpha value is -3.69. The van der Waals surface area contributed by atoms with E-state index in [1.807, 2.05) is 72.4 Å². The van der Waals surface area contributed by atoms with Crippen LogP contribution in [0.3, 0.4) is 0 Å². The van der Waals surface area contributed by atoms with Crippen molar-refractivity contribution in [1.82, 2.24) is 14.7 Å². The minimum absolute atomic E-state index is 0.0586. The summed E-state index contributed by atoms with van der Waals surface area (Å²) in [5.41, 5.74) is 4.53. The van der Waals surface area contributed by atoms with Crippen molar-refractivity contribution in [3.8, 4) is 22.7 Å². The van der Waals surface area contributed by atoms with Crippen LogP contribution in [0.5, 0.6) is 5.75 Å². The van der Waals surface area contributed by atoms with E-state index in [1.54, 1.807) is 11.0 Å². The highest BCUT2D eigenvalue weighted by molar-refractivity contribution is 8.26. The molecule has 9 heteroatoms. The van der Waals surface area contributed by atoms with Crippen molar-refractivity contribution in [2.45, 2.75) is 64.7 Å². The van der Waals surface area contributed by atoms with Gasteiger partial charge in [-0.25, -0.2) is 4.68 Å². The quantitative estimate of drug-likeness (QED) is 0.0707. The Balaban J connectivity index is 1.43. The standard InChI is InChI=1S/C34H39N3O4S2/c1-3-21-41-28-18-19-29(25(2)22-28)32-26(24-37(35-32)27-15-11-10-12-16-27)23-30-33(40)36(34(42)43-30)20-14-9-7-5-4-6-8-13-17-31(38)39/h3,10-12,15-16,18-19,22-24H,1,4-9,13-14,17,20-21H2,2H3,(H,38,39)/b30-23-. The normalized spacial score (nSPS) is 14.1. The van der Waals surface area contributed by atoms with Gasteiger partial charge in [-0.2, -0.15) is 5.10 Å². The summed E-state index contributed by atoms with van der Waals surface area (Å²) in [6.45, 7) is 6.79. The summed E-state index contributed by atoms with van der Waals surface area (Å²) >= 11 is 6.95. The number of aryl methyl sites for hydroxylation is 1. The van der Waals surface area contributed by atoms with Crippen molar-refractivity contribution >= 4 is 46.3 Å². The molecule has 0 saturated carbocycles. The summed E-state index contributed by atoms with van der Waals surface area (Å²) < 4.78 is 8.15. The van der Waals surface area contributed by atoms with Crippen LogP contribution in [0, 0.1) is 6.92 Å². The number of carbonyl (C=O) groups excluding carboxylic acids is 1. The van der Waals surface area contributed by atoms with Crippen molar-refractivity contribution < 1.29 is 19.4 Å². The van der Waals surface area contributed by atoms with Gasteiger partial charge in [-0.05, 0) is 61.7 Å². The minimum Gasteiger partial charge on any atom is -0.490 e. The van der Waals surface area contributed by atoms with E-state index >= 15 is 0 Å². The van der Waals surface area contributed by atoms with Crippen molar-refractivity contribution in [2.24, 2.45) is 0 Å². The lowest BCUT2D eigenvalue weighted by molar-refractivity contribution is -0.137. The molecule has 0 unspecified atom stereocenters. The van der Waals surface area contributed by atoms with Crippen LogP contribution in [-0.4, -0.2) is 49.1 Å². The summed E-state index contributed by atoms with van der Waals surface area (Å²) in [6.07, 6.45) is 13.9. The number of amides is 1. The van der Waals surface area contributed by atoms with E-state index in [4.69, 9.17) is 27.2 Å². The largest absolute Gasteiger partial charge is 0.490 e. The molecule has 0 spiro atoms. The predicted octanol–water partition coefficient (Wildman–Crippen LogP) is 8.21. The van der Waals surface area contributed by atoms with Gasteiger partial charge in [0, 0.05) is 30.3 Å². The van der Waals surface area contributed by atoms with Gasteiger partial charge in [-0.15, -0.1) is 0 Å². The average molecular weight is 618 g/mol. The number of ether oxygens (including phenoxy) is 1. The van der Waals surface area contributed by atoms with Crippen LogP contribution in [0.1, 0.15) is 68.9 Å². The molecule has 1 aromatic heterocycles. The number of hydrogen-bond acceptors (Lipinski definition) is 6. The second-order valence-electron chi connectivity index (χ2n) is 10.6. The number of aliphatic carboxylic acids is 1. The third kappa shape index (κ3) is 9.15. The summed E-state index contributed by atoms with van der Waals surface area (Å²) in [6, 6.07) is 15.8. The molecular formula is C34H39N3O4S2. The molecule has 1 fully saturated rings. The fourth-order valence-corrected chi connectivity index (χ4v) is 6.30. The van der Waals surface area contributed by atoms with Crippen molar-refractivity contribution in [3.63, 3.8) is 0 Å². The number of carboxylic acids is 1. The van der Waals surface area contributed by atoms with E-state index < -0.39 is 5.97 Å². The maximum atomic E-state index is 13.4. The first-order valence-electron chi connectivity index (χ1n) is 14.8. The fourth-order valence-electron chi connectivity index (χ4n) is 5.00. The third-order valence-electron chi connectivity index (χ3n) is 7.27. The predicted molar refractivity (Wildman–Crippen MR) is 178 cm³/mol. The SMILES string of the molecule is C=CCOc1ccc(-c2nn(-c3ccccc3)cc2/C=C2\SC(=S)N(CCCCCCCCCCC(=O)O)C2=O)c(C)c1. The molecule has 0 atom stereocenters. The van der Waals surface area contributed by atoms with Crippen LogP contribution < -0.4 is 4.74 Å². The molecule has 43 heavy (non-hydrogen) atoms. The van der Waals surface area contributed by atoms with Crippen LogP contribution in [0.4, 0.5) is 0 Å². The van der Waals surface area contributed by atoms with E-state index in [2.05, 4.69) is 6.58 Å². The molecule has 1 N–H and O–H groups in total. The first-order chi connectivity index (χ1) is 20.9. The number of carboxylic acid groups (broad SMARTS) is 1. The minimum atomic E-state index is -0.719. The molecule has 0 aliphatic carbocycles. The Morgan fingerprint density at radius 3 is 2.42 bits per heavy atom. The topological polar surface area (TPSA) is 84.7 Å². The number of hydrogen-bond donors (Lipinski definition) is 1. The molecule has 4 rings (SSSR count). The van der Waals surface area contributed by atoms with Gasteiger partial charge < -0.3 is 9.84 Å². The molecule has 0 radical (unpaired) electrons. The Morgan fingerprint density at radius 2 is 1.74 bits per heavy atom. The lowest BCUT2D eigenvalue weighted by Gasteiger charge is -2.14. The first kappa shape index (κ1) is 32.2. The highest BCUT2D eigenvalue weighted by Crippen LogP contribution is 2.36. The van der Waals surface area contributed by atoms with Gasteiger partial charge >= 0.3 is 5.97 Å². The Bertz CT molecular complexity index is 1470. The second-order valence-corrected chi connectivity index (χ2v) is 12.3. The first-order valence-corrected chi connectivity index (χ1v) is 16.1. The average Bonchev–Trinajstić information content (AvgIpc) is 3.53. The number of rotatable bonds is 17. The number of benzene rings is 2. The molecule has 226 valence electrons. The maximum absolute atomic E-state index is 13.4. The van der Waals surface area contributed by atoms with Gasteiger partial charge in [0.25, 0.3) is 5.91 Å². The van der Waals surface area contributed by atoms with E-state index in [9.17, 15) is 9.59 Å². The molecule has 1 saturated heterocycles. The Labute approximate surface area is 263 Å². The molecule has 1 aliphatic heterocycles. The van der Waals surface area contributed by atoms with E-state index in [1.165, 1.54) is 11.8 Å². The zero-order valence-electron chi connectivity index (χ0n) is 24.7. The number of para-hydroxylation sites is 1. The van der Waals surface area contributed by atoms with Crippen LogP contribution in [-0.2, 0) is 9.59 Å². The number of nitrogens with zero attached hydrogens (tertiary/aromatic N) is 3. The molecule has 2 heterocycles. The number of unbranched alkanes of at least 4 members (excludes halogenated alkanes) is 7. The van der Waals surface area contributed by atoms with Crippen LogP contribution in [0.25, 0.3) is 23.0 Å². The lowest BCUT2D eigenvalue weighted by atomic mass is 10.0. The van der Waals surface area contributed by atoms with E-state index in [0.717, 1.165) is 85.2 Å². The summed E-state index contributed by atoms with van der Waals surface area (Å²) in [5, 5.41) is 13.7. The molecule has 1 aliphatic rings. The molecule has 2 aromatic carbocycles. The summed E-state index contributed by atoms with van der Waals surface area (Å²) in [4.78, 5) is 26.3. The van der Waals surface area contributed by atoms with E-state index in [0.29, 0.717) is 22.4 Å². The molecule has 3 aromatic rings. The monoisotopic (exact) mass is 617 g/mol. The van der Waals surface area contributed by atoms with Gasteiger partial charge in [0.05, 0.1) is 10.6 Å². The molecule has 1 amide bonds. The smallest absolute Gasteiger partial charge is 0.303 e. The number of thioether (sulfide) groups is 1. The van der Waals surface area contributed by atoms with Crippen LogP contribution in [0.15, 0.2) is 72.3 Å². The third-order valence-corrected chi connectivity index (χ3v) is 8.64. The lowest BCUT2D eigenvalue weighted by Crippen LogP contribution is -2.29. The number of thiocarbonyl (C=S) groups is 1. The Morgan fingerprint density at radius 1 is 1.05 bits per heavy atom. The molecular weight excluding hydrogens is 579 g/mol. The van der Waals surface area contributed by atoms with Crippen molar-refractivity contribution in [3.05, 3.63) is 83.4 Å². The second kappa shape index (κ2) is 16.2.